The molecule has 3 heterocycles. The molecular formula is C12H14Cl2N4. The normalized spacial score (nSPS) is 17.4. The van der Waals surface area contributed by atoms with E-state index in [1.54, 1.807) is 6.07 Å². The molecule has 96 valence electrons. The molecule has 0 aromatic carbocycles. The zero-order valence-corrected chi connectivity index (χ0v) is 11.4. The fourth-order valence-corrected chi connectivity index (χ4v) is 2.80. The average Bonchev–Trinajstić information content (AvgIpc) is 2.74. The third kappa shape index (κ3) is 2.34. The van der Waals surface area contributed by atoms with Crippen molar-refractivity contribution in [3.05, 3.63) is 34.2 Å². The number of imidazole rings is 1. The molecule has 1 saturated heterocycles. The van der Waals surface area contributed by atoms with Gasteiger partial charge in [0.05, 0.1) is 21.9 Å². The van der Waals surface area contributed by atoms with E-state index in [-0.39, 0.29) is 0 Å². The molecule has 0 bridgehead atoms. The first-order valence-electron chi connectivity index (χ1n) is 5.98. The lowest BCUT2D eigenvalue weighted by atomic mass is 10.3. The standard InChI is InChI=1S/C12H14Cl2N4/c13-9-5-11(14)12-16-6-10(18(12)7-9)8-17-3-1-15-2-4-17/h5-7,15H,1-4,8H2. The molecule has 1 aliphatic heterocycles. The number of halogens is 2. The third-order valence-electron chi connectivity index (χ3n) is 3.20. The van der Waals surface area contributed by atoms with Crippen LogP contribution in [0.25, 0.3) is 5.65 Å². The quantitative estimate of drug-likeness (QED) is 0.916. The highest BCUT2D eigenvalue weighted by atomic mass is 35.5. The van der Waals surface area contributed by atoms with E-state index in [1.807, 2.05) is 16.8 Å². The molecular weight excluding hydrogens is 271 g/mol. The Morgan fingerprint density at radius 1 is 1.28 bits per heavy atom. The summed E-state index contributed by atoms with van der Waals surface area (Å²) in [6.07, 6.45) is 3.74. The number of nitrogens with one attached hydrogen (secondary N) is 1. The predicted molar refractivity (Wildman–Crippen MR) is 73.4 cm³/mol. The van der Waals surface area contributed by atoms with Gasteiger partial charge in [-0.05, 0) is 6.07 Å². The van der Waals surface area contributed by atoms with Crippen LogP contribution in [0.3, 0.4) is 0 Å². The molecule has 1 fully saturated rings. The maximum atomic E-state index is 6.13. The van der Waals surface area contributed by atoms with Gasteiger partial charge in [-0.15, -0.1) is 0 Å². The minimum atomic E-state index is 0.592. The Bertz CT molecular complexity index is 560. The molecule has 1 N–H and O–H groups in total. The summed E-state index contributed by atoms with van der Waals surface area (Å²) in [5.41, 5.74) is 1.89. The van der Waals surface area contributed by atoms with Gasteiger partial charge in [0.2, 0.25) is 0 Å². The molecule has 0 spiro atoms. The first kappa shape index (κ1) is 12.2. The van der Waals surface area contributed by atoms with Gasteiger partial charge in [-0.1, -0.05) is 23.2 Å². The van der Waals surface area contributed by atoms with Gasteiger partial charge in [-0.2, -0.15) is 0 Å². The smallest absolute Gasteiger partial charge is 0.155 e. The summed E-state index contributed by atoms with van der Waals surface area (Å²) in [6, 6.07) is 1.72. The molecule has 0 radical (unpaired) electrons. The van der Waals surface area contributed by atoms with Gasteiger partial charge >= 0.3 is 0 Å². The van der Waals surface area contributed by atoms with E-state index in [0.29, 0.717) is 10.0 Å². The van der Waals surface area contributed by atoms with E-state index in [9.17, 15) is 0 Å². The van der Waals surface area contributed by atoms with Crippen molar-refractivity contribution >= 4 is 28.8 Å². The molecule has 0 saturated carbocycles. The summed E-state index contributed by atoms with van der Waals surface area (Å²) in [6.45, 7) is 5.07. The van der Waals surface area contributed by atoms with Crippen molar-refractivity contribution in [1.82, 2.24) is 19.6 Å². The summed E-state index contributed by atoms with van der Waals surface area (Å²) in [7, 11) is 0. The number of nitrogens with zero attached hydrogens (tertiary/aromatic N) is 3. The zero-order valence-electron chi connectivity index (χ0n) is 9.87. The lowest BCUT2D eigenvalue weighted by Gasteiger charge is -2.26. The van der Waals surface area contributed by atoms with E-state index in [1.165, 1.54) is 0 Å². The van der Waals surface area contributed by atoms with Gasteiger partial charge in [0.1, 0.15) is 0 Å². The first-order valence-corrected chi connectivity index (χ1v) is 6.74. The fraction of sp³-hybridized carbons (Fsp3) is 0.417. The van der Waals surface area contributed by atoms with Gasteiger partial charge in [-0.25, -0.2) is 4.98 Å². The highest BCUT2D eigenvalue weighted by molar-refractivity contribution is 6.36. The summed E-state index contributed by atoms with van der Waals surface area (Å²) < 4.78 is 1.98. The second-order valence-corrected chi connectivity index (χ2v) is 5.32. The van der Waals surface area contributed by atoms with Crippen LogP contribution in [0.5, 0.6) is 0 Å². The van der Waals surface area contributed by atoms with E-state index in [2.05, 4.69) is 15.2 Å². The van der Waals surface area contributed by atoms with Crippen LogP contribution in [0.15, 0.2) is 18.5 Å². The lowest BCUT2D eigenvalue weighted by molar-refractivity contribution is 0.230. The molecule has 6 heteroatoms. The van der Waals surface area contributed by atoms with Gasteiger partial charge < -0.3 is 9.72 Å². The van der Waals surface area contributed by atoms with Crippen LogP contribution in [0.4, 0.5) is 0 Å². The molecule has 3 rings (SSSR count). The lowest BCUT2D eigenvalue weighted by Crippen LogP contribution is -2.43. The van der Waals surface area contributed by atoms with Crippen LogP contribution >= 0.6 is 23.2 Å². The molecule has 4 nitrogen and oxygen atoms in total. The molecule has 0 amide bonds. The minimum Gasteiger partial charge on any atom is -0.314 e. The van der Waals surface area contributed by atoms with Crippen LogP contribution in [-0.4, -0.2) is 40.5 Å². The van der Waals surface area contributed by atoms with Gasteiger partial charge in [0, 0.05) is 38.9 Å². The Hall–Kier alpha value is -0.810. The Morgan fingerprint density at radius 3 is 2.83 bits per heavy atom. The van der Waals surface area contributed by atoms with Crippen molar-refractivity contribution in [2.75, 3.05) is 26.2 Å². The topological polar surface area (TPSA) is 32.6 Å². The second kappa shape index (κ2) is 5.05. The van der Waals surface area contributed by atoms with E-state index < -0.39 is 0 Å². The first-order chi connectivity index (χ1) is 8.74. The maximum absolute atomic E-state index is 6.13. The molecule has 2 aromatic heterocycles. The number of hydrogen-bond donors (Lipinski definition) is 1. The van der Waals surface area contributed by atoms with Crippen molar-refractivity contribution in [3.63, 3.8) is 0 Å². The van der Waals surface area contributed by atoms with Crippen molar-refractivity contribution in [1.29, 1.82) is 0 Å². The van der Waals surface area contributed by atoms with Crippen molar-refractivity contribution in [3.8, 4) is 0 Å². The van der Waals surface area contributed by atoms with Crippen LogP contribution in [0.2, 0.25) is 10.0 Å². The highest BCUT2D eigenvalue weighted by Gasteiger charge is 2.14. The fourth-order valence-electron chi connectivity index (χ4n) is 2.28. The molecule has 0 unspecified atom stereocenters. The number of piperazine rings is 1. The van der Waals surface area contributed by atoms with Crippen LogP contribution in [0.1, 0.15) is 5.69 Å². The second-order valence-electron chi connectivity index (χ2n) is 4.48. The number of aromatic nitrogens is 2. The predicted octanol–water partition coefficient (Wildman–Crippen LogP) is 2.05. The largest absolute Gasteiger partial charge is 0.314 e. The van der Waals surface area contributed by atoms with Crippen molar-refractivity contribution < 1.29 is 0 Å². The van der Waals surface area contributed by atoms with Crippen molar-refractivity contribution in [2.45, 2.75) is 6.54 Å². The SMILES string of the molecule is Clc1cc(Cl)c2ncc(CN3CCNCC3)n2c1. The summed E-state index contributed by atoms with van der Waals surface area (Å²) >= 11 is 12.2. The summed E-state index contributed by atoms with van der Waals surface area (Å²) in [4.78, 5) is 6.75. The molecule has 2 aromatic rings. The number of pyridine rings is 1. The molecule has 1 aliphatic rings. The van der Waals surface area contributed by atoms with Gasteiger partial charge in [-0.3, -0.25) is 4.90 Å². The zero-order chi connectivity index (χ0) is 12.5. The highest BCUT2D eigenvalue weighted by Crippen LogP contribution is 2.22. The Kier molecular flexibility index (Phi) is 3.43. The molecule has 0 atom stereocenters. The number of rotatable bonds is 2. The number of hydrogen-bond acceptors (Lipinski definition) is 3. The monoisotopic (exact) mass is 284 g/mol. The van der Waals surface area contributed by atoms with E-state index in [0.717, 1.165) is 44.1 Å². The maximum Gasteiger partial charge on any atom is 0.155 e. The van der Waals surface area contributed by atoms with Crippen LogP contribution < -0.4 is 5.32 Å². The van der Waals surface area contributed by atoms with Gasteiger partial charge in [0.25, 0.3) is 0 Å². The van der Waals surface area contributed by atoms with Gasteiger partial charge in [0.15, 0.2) is 5.65 Å². The third-order valence-corrected chi connectivity index (χ3v) is 3.68. The summed E-state index contributed by atoms with van der Waals surface area (Å²) in [5.74, 6) is 0. The Morgan fingerprint density at radius 2 is 2.06 bits per heavy atom. The van der Waals surface area contributed by atoms with Crippen LogP contribution in [0, 0.1) is 0 Å². The average molecular weight is 285 g/mol. The summed E-state index contributed by atoms with van der Waals surface area (Å²) in [5, 5.41) is 4.57. The Balaban J connectivity index is 1.92. The molecule has 18 heavy (non-hydrogen) atoms. The van der Waals surface area contributed by atoms with E-state index >= 15 is 0 Å². The minimum absolute atomic E-state index is 0.592. The van der Waals surface area contributed by atoms with E-state index in [4.69, 9.17) is 23.2 Å². The van der Waals surface area contributed by atoms with Crippen molar-refractivity contribution in [2.24, 2.45) is 0 Å². The molecule has 0 aliphatic carbocycles. The van der Waals surface area contributed by atoms with Crippen LogP contribution in [-0.2, 0) is 6.54 Å². The number of fused-ring (bicyclic) bond motifs is 1. The Labute approximate surface area is 116 Å².